The van der Waals surface area contributed by atoms with Gasteiger partial charge in [0, 0.05) is 18.6 Å². The lowest BCUT2D eigenvalue weighted by Crippen LogP contribution is -2.40. The van der Waals surface area contributed by atoms with Crippen molar-refractivity contribution in [2.24, 2.45) is 0 Å². The molecule has 1 amide bonds. The van der Waals surface area contributed by atoms with Gasteiger partial charge in [-0.05, 0) is 18.9 Å². The van der Waals surface area contributed by atoms with Crippen LogP contribution in [0.15, 0.2) is 18.2 Å². The third-order valence-electron chi connectivity index (χ3n) is 3.76. The minimum Gasteiger partial charge on any atom is -0.486 e. The second kappa shape index (κ2) is 8.53. The number of carbonyl (C=O) groups excluding carboxylic acids is 2. The van der Waals surface area contributed by atoms with Crippen molar-refractivity contribution in [2.45, 2.75) is 38.8 Å². The molecule has 0 saturated heterocycles. The third-order valence-corrected chi connectivity index (χ3v) is 3.76. The number of aliphatic hydroxyl groups is 1. The molecular formula is C17H22NO5. The zero-order chi connectivity index (χ0) is 16.7. The zero-order valence-corrected chi connectivity index (χ0v) is 13.3. The SMILES string of the molecule is CCC(=O)N(Cc1cccc2c1OCCO2)[C@H]([C]=O)CCCO. The monoisotopic (exact) mass is 320 g/mol. The molecule has 2 rings (SSSR count). The Morgan fingerprint density at radius 2 is 2.17 bits per heavy atom. The summed E-state index contributed by atoms with van der Waals surface area (Å²) in [6, 6.07) is 4.84. The molecule has 1 aromatic rings. The van der Waals surface area contributed by atoms with E-state index in [2.05, 4.69) is 0 Å². The van der Waals surface area contributed by atoms with Crippen LogP contribution in [-0.4, -0.2) is 48.1 Å². The summed E-state index contributed by atoms with van der Waals surface area (Å²) in [6.07, 6.45) is 3.05. The summed E-state index contributed by atoms with van der Waals surface area (Å²) in [5.41, 5.74) is 0.799. The second-order valence-corrected chi connectivity index (χ2v) is 5.32. The van der Waals surface area contributed by atoms with Crippen molar-refractivity contribution >= 4 is 12.2 Å². The standard InChI is InChI=1S/C17H22NO5/c1-2-16(21)18(14(12-20)6-4-8-19)11-13-5-3-7-15-17(13)23-10-9-22-15/h3,5,7,14,19H,2,4,6,8-11H2,1H3/t14-/m0/s1. The van der Waals surface area contributed by atoms with Crippen LogP contribution in [0, 0.1) is 0 Å². The number of aliphatic hydroxyl groups excluding tert-OH is 1. The Morgan fingerprint density at radius 3 is 2.87 bits per heavy atom. The van der Waals surface area contributed by atoms with E-state index in [1.54, 1.807) is 6.92 Å². The number of amides is 1. The van der Waals surface area contributed by atoms with Gasteiger partial charge in [0.25, 0.3) is 0 Å². The summed E-state index contributed by atoms with van der Waals surface area (Å²) in [5, 5.41) is 8.97. The fourth-order valence-electron chi connectivity index (χ4n) is 2.58. The fraction of sp³-hybridized carbons (Fsp3) is 0.529. The van der Waals surface area contributed by atoms with Crippen LogP contribution >= 0.6 is 0 Å². The van der Waals surface area contributed by atoms with Crippen LogP contribution < -0.4 is 9.47 Å². The highest BCUT2D eigenvalue weighted by Gasteiger charge is 2.25. The number of nitrogens with zero attached hydrogens (tertiary/aromatic N) is 1. The average molecular weight is 320 g/mol. The van der Waals surface area contributed by atoms with Crippen molar-refractivity contribution in [1.82, 2.24) is 4.90 Å². The zero-order valence-electron chi connectivity index (χ0n) is 13.3. The lowest BCUT2D eigenvalue weighted by atomic mass is 10.1. The molecule has 0 spiro atoms. The number of hydrogen-bond donors (Lipinski definition) is 1. The van der Waals surface area contributed by atoms with E-state index in [0.29, 0.717) is 44.0 Å². The highest BCUT2D eigenvalue weighted by Crippen LogP contribution is 2.34. The Kier molecular flexibility index (Phi) is 6.40. The maximum atomic E-state index is 12.3. The van der Waals surface area contributed by atoms with Gasteiger partial charge in [-0.1, -0.05) is 19.1 Å². The van der Waals surface area contributed by atoms with Gasteiger partial charge in [0.05, 0.1) is 12.6 Å². The first-order chi connectivity index (χ1) is 11.2. The van der Waals surface area contributed by atoms with Crippen LogP contribution in [0.5, 0.6) is 11.5 Å². The van der Waals surface area contributed by atoms with Gasteiger partial charge in [-0.2, -0.15) is 0 Å². The summed E-state index contributed by atoms with van der Waals surface area (Å²) in [6.45, 7) is 2.94. The van der Waals surface area contributed by atoms with Crippen LogP contribution in [0.25, 0.3) is 0 Å². The molecule has 1 atom stereocenters. The van der Waals surface area contributed by atoms with Crippen molar-refractivity contribution in [2.75, 3.05) is 19.8 Å². The number of rotatable bonds is 8. The van der Waals surface area contributed by atoms with Crippen molar-refractivity contribution in [3.63, 3.8) is 0 Å². The molecule has 1 aliphatic rings. The van der Waals surface area contributed by atoms with E-state index in [1.807, 2.05) is 24.5 Å². The largest absolute Gasteiger partial charge is 0.486 e. The fourth-order valence-corrected chi connectivity index (χ4v) is 2.58. The summed E-state index contributed by atoms with van der Waals surface area (Å²) >= 11 is 0. The molecule has 6 nitrogen and oxygen atoms in total. The Labute approximate surface area is 136 Å². The van der Waals surface area contributed by atoms with Crippen LogP contribution in [0.2, 0.25) is 0 Å². The highest BCUT2D eigenvalue weighted by molar-refractivity contribution is 5.79. The lowest BCUT2D eigenvalue weighted by molar-refractivity contribution is -0.132. The molecule has 1 aliphatic heterocycles. The molecular weight excluding hydrogens is 298 g/mol. The van der Waals surface area contributed by atoms with Crippen LogP contribution in [-0.2, 0) is 16.1 Å². The Balaban J connectivity index is 2.24. The van der Waals surface area contributed by atoms with Gasteiger partial charge in [0.1, 0.15) is 13.2 Å². The minimum atomic E-state index is -0.671. The van der Waals surface area contributed by atoms with Crippen LogP contribution in [0.4, 0.5) is 0 Å². The van der Waals surface area contributed by atoms with Crippen LogP contribution in [0.1, 0.15) is 31.7 Å². The molecule has 6 heteroatoms. The average Bonchev–Trinajstić information content (AvgIpc) is 2.60. The Hall–Kier alpha value is -2.08. The van der Waals surface area contributed by atoms with Crippen molar-refractivity contribution < 1.29 is 24.2 Å². The van der Waals surface area contributed by atoms with Crippen molar-refractivity contribution in [3.8, 4) is 11.5 Å². The number of fused-ring (bicyclic) bond motifs is 1. The maximum Gasteiger partial charge on any atom is 0.223 e. The number of ether oxygens (including phenoxy) is 2. The van der Waals surface area contributed by atoms with E-state index in [1.165, 1.54) is 4.90 Å². The summed E-state index contributed by atoms with van der Waals surface area (Å²) < 4.78 is 11.2. The summed E-state index contributed by atoms with van der Waals surface area (Å²) in [5.74, 6) is 1.14. The smallest absolute Gasteiger partial charge is 0.223 e. The van der Waals surface area contributed by atoms with Gasteiger partial charge in [0.2, 0.25) is 12.2 Å². The van der Waals surface area contributed by atoms with E-state index in [4.69, 9.17) is 14.6 Å². The Bertz CT molecular complexity index is 546. The number of para-hydroxylation sites is 1. The topological polar surface area (TPSA) is 76.1 Å². The second-order valence-electron chi connectivity index (χ2n) is 5.32. The van der Waals surface area contributed by atoms with E-state index in [9.17, 15) is 9.59 Å². The van der Waals surface area contributed by atoms with E-state index < -0.39 is 6.04 Å². The molecule has 0 saturated carbocycles. The van der Waals surface area contributed by atoms with Crippen molar-refractivity contribution in [1.29, 1.82) is 0 Å². The van der Waals surface area contributed by atoms with Gasteiger partial charge in [-0.15, -0.1) is 0 Å². The van der Waals surface area contributed by atoms with E-state index in [0.717, 1.165) is 5.56 Å². The maximum absolute atomic E-state index is 12.3. The normalized spacial score (nSPS) is 14.2. The molecule has 1 heterocycles. The lowest BCUT2D eigenvalue weighted by Gasteiger charge is -2.29. The first kappa shape index (κ1) is 17.3. The number of hydrogen-bond acceptors (Lipinski definition) is 5. The molecule has 23 heavy (non-hydrogen) atoms. The van der Waals surface area contributed by atoms with E-state index in [-0.39, 0.29) is 19.1 Å². The summed E-state index contributed by atoms with van der Waals surface area (Å²) in [4.78, 5) is 25.1. The predicted molar refractivity (Wildman–Crippen MR) is 84.1 cm³/mol. The molecule has 1 aromatic carbocycles. The minimum absolute atomic E-state index is 0.0238. The van der Waals surface area contributed by atoms with E-state index >= 15 is 0 Å². The molecule has 0 aliphatic carbocycles. The highest BCUT2D eigenvalue weighted by atomic mass is 16.6. The molecule has 0 unspecified atom stereocenters. The number of benzene rings is 1. The van der Waals surface area contributed by atoms with Crippen molar-refractivity contribution in [3.05, 3.63) is 23.8 Å². The third kappa shape index (κ3) is 4.22. The molecule has 0 bridgehead atoms. The quantitative estimate of drug-likeness (QED) is 0.784. The Morgan fingerprint density at radius 1 is 1.39 bits per heavy atom. The summed E-state index contributed by atoms with van der Waals surface area (Å²) in [7, 11) is 0. The van der Waals surface area contributed by atoms with Crippen LogP contribution in [0.3, 0.4) is 0 Å². The predicted octanol–water partition coefficient (Wildman–Crippen LogP) is 1.45. The van der Waals surface area contributed by atoms with Gasteiger partial charge >= 0.3 is 0 Å². The van der Waals surface area contributed by atoms with Gasteiger partial charge in [-0.25, -0.2) is 0 Å². The first-order valence-corrected chi connectivity index (χ1v) is 7.86. The molecule has 1 radical (unpaired) electrons. The molecule has 0 aromatic heterocycles. The van der Waals surface area contributed by atoms with Gasteiger partial charge in [-0.3, -0.25) is 9.59 Å². The van der Waals surface area contributed by atoms with Gasteiger partial charge < -0.3 is 19.5 Å². The first-order valence-electron chi connectivity index (χ1n) is 7.86. The van der Waals surface area contributed by atoms with Gasteiger partial charge in [0.15, 0.2) is 11.5 Å². The molecule has 125 valence electrons. The number of carbonyl (C=O) groups is 1. The molecule has 1 N–H and O–H groups in total. The molecule has 0 fully saturated rings.